The number of pyridine rings is 1. The van der Waals surface area contributed by atoms with Crippen LogP contribution >= 0.6 is 11.3 Å². The van der Waals surface area contributed by atoms with Crippen LogP contribution in [0.1, 0.15) is 17.4 Å². The minimum absolute atomic E-state index is 0.200. The summed E-state index contributed by atoms with van der Waals surface area (Å²) in [4.78, 5) is 23.9. The van der Waals surface area contributed by atoms with E-state index in [0.717, 1.165) is 26.9 Å². The van der Waals surface area contributed by atoms with E-state index in [0.29, 0.717) is 18.0 Å². The number of hydrogen-bond acceptors (Lipinski definition) is 5. The minimum atomic E-state index is -0.200. The van der Waals surface area contributed by atoms with Gasteiger partial charge in [0.1, 0.15) is 4.83 Å². The third kappa shape index (κ3) is 2.39. The maximum Gasteiger partial charge on any atom is 0.352 e. The van der Waals surface area contributed by atoms with E-state index in [1.807, 2.05) is 19.1 Å². The molecular formula is C18H17N5OS. The molecule has 7 heteroatoms. The van der Waals surface area contributed by atoms with Gasteiger partial charge in [-0.3, -0.25) is 9.55 Å². The van der Waals surface area contributed by atoms with Gasteiger partial charge in [0, 0.05) is 29.4 Å². The summed E-state index contributed by atoms with van der Waals surface area (Å²) in [5.74, 6) is 0.503. The zero-order valence-corrected chi connectivity index (χ0v) is 15.1. The molecular weight excluding hydrogens is 334 g/mol. The Labute approximate surface area is 148 Å². The lowest BCUT2D eigenvalue weighted by molar-refractivity contribution is 0.713. The van der Waals surface area contributed by atoms with E-state index in [9.17, 15) is 4.79 Å². The number of thiophene rings is 1. The molecule has 0 spiro atoms. The Morgan fingerprint density at radius 1 is 1.36 bits per heavy atom. The van der Waals surface area contributed by atoms with Crippen LogP contribution in [-0.2, 0) is 6.54 Å². The van der Waals surface area contributed by atoms with Gasteiger partial charge >= 0.3 is 5.69 Å². The zero-order valence-electron chi connectivity index (χ0n) is 14.3. The highest BCUT2D eigenvalue weighted by Crippen LogP contribution is 2.32. The van der Waals surface area contributed by atoms with Crippen LogP contribution < -0.4 is 5.69 Å². The highest BCUT2D eigenvalue weighted by Gasteiger charge is 2.20. The predicted octanol–water partition coefficient (Wildman–Crippen LogP) is 3.36. The fourth-order valence-corrected chi connectivity index (χ4v) is 4.04. The molecule has 0 N–H and O–H groups in total. The van der Waals surface area contributed by atoms with E-state index < -0.39 is 0 Å². The maximum absolute atomic E-state index is 13.0. The van der Waals surface area contributed by atoms with Gasteiger partial charge in [0.2, 0.25) is 0 Å². The van der Waals surface area contributed by atoms with Crippen LogP contribution in [0.2, 0.25) is 0 Å². The first kappa shape index (κ1) is 15.7. The second-order valence-corrected chi connectivity index (χ2v) is 7.40. The van der Waals surface area contributed by atoms with E-state index in [4.69, 9.17) is 0 Å². The largest absolute Gasteiger partial charge is 0.352 e. The number of allylic oxidation sites excluding steroid dienone is 1. The van der Waals surface area contributed by atoms with Crippen LogP contribution in [0.3, 0.4) is 0 Å². The molecule has 0 aliphatic heterocycles. The van der Waals surface area contributed by atoms with Crippen molar-refractivity contribution in [1.82, 2.24) is 24.1 Å². The number of hydrogen-bond donors (Lipinski definition) is 0. The molecule has 0 unspecified atom stereocenters. The van der Waals surface area contributed by atoms with Crippen molar-refractivity contribution in [1.29, 1.82) is 0 Å². The second-order valence-electron chi connectivity index (χ2n) is 6.20. The predicted molar refractivity (Wildman–Crippen MR) is 100 cm³/mol. The maximum atomic E-state index is 13.0. The number of fused-ring (bicyclic) bond motifs is 3. The summed E-state index contributed by atoms with van der Waals surface area (Å²) in [6, 6.07) is 3.72. The second kappa shape index (κ2) is 5.63. The molecule has 0 aliphatic rings. The summed E-state index contributed by atoms with van der Waals surface area (Å²) in [5, 5.41) is 5.44. The third-order valence-corrected chi connectivity index (χ3v) is 5.43. The topological polar surface area (TPSA) is 65.1 Å². The molecule has 0 aromatic carbocycles. The minimum Gasteiger partial charge on any atom is -0.279 e. The van der Waals surface area contributed by atoms with Gasteiger partial charge in [0.25, 0.3) is 0 Å². The smallest absolute Gasteiger partial charge is 0.279 e. The summed E-state index contributed by atoms with van der Waals surface area (Å²) in [5.41, 5.74) is 3.23. The normalized spacial score (nSPS) is 11.5. The Morgan fingerprint density at radius 2 is 2.16 bits per heavy atom. The third-order valence-electron chi connectivity index (χ3n) is 4.20. The molecule has 0 saturated carbocycles. The first-order chi connectivity index (χ1) is 12.0. The monoisotopic (exact) mass is 351 g/mol. The average Bonchev–Trinajstić information content (AvgIpc) is 3.15. The van der Waals surface area contributed by atoms with Crippen molar-refractivity contribution >= 4 is 27.2 Å². The first-order valence-corrected chi connectivity index (χ1v) is 8.73. The standard InChI is InChI=1S/C18H17N5OS/c1-10(2)9-22-17-14(11(3)12(4)25-17)16-20-15(21-23(16)18(22)24)13-6-5-7-19-8-13/h5-8H,1,9H2,2-4H3. The van der Waals surface area contributed by atoms with Gasteiger partial charge < -0.3 is 0 Å². The Balaban J connectivity index is 2.14. The number of nitrogens with zero attached hydrogens (tertiary/aromatic N) is 5. The van der Waals surface area contributed by atoms with Crippen LogP contribution in [-0.4, -0.2) is 24.1 Å². The SMILES string of the molecule is C=C(C)Cn1c(=O)n2nc(-c3cccnc3)nc2c2c(C)c(C)sc21. The Bertz CT molecular complexity index is 1180. The van der Waals surface area contributed by atoms with Gasteiger partial charge in [0.15, 0.2) is 11.5 Å². The van der Waals surface area contributed by atoms with Crippen molar-refractivity contribution in [2.24, 2.45) is 0 Å². The van der Waals surface area contributed by atoms with E-state index >= 15 is 0 Å². The quantitative estimate of drug-likeness (QED) is 0.531. The number of aromatic nitrogens is 5. The lowest BCUT2D eigenvalue weighted by Crippen LogP contribution is -2.27. The highest BCUT2D eigenvalue weighted by molar-refractivity contribution is 7.19. The van der Waals surface area contributed by atoms with Crippen molar-refractivity contribution in [2.75, 3.05) is 0 Å². The lowest BCUT2D eigenvalue weighted by atomic mass is 10.2. The van der Waals surface area contributed by atoms with Gasteiger partial charge in [-0.15, -0.1) is 16.4 Å². The van der Waals surface area contributed by atoms with E-state index in [1.54, 1.807) is 28.3 Å². The summed E-state index contributed by atoms with van der Waals surface area (Å²) in [7, 11) is 0. The molecule has 0 fully saturated rings. The van der Waals surface area contributed by atoms with Crippen LogP contribution in [0.25, 0.3) is 27.3 Å². The van der Waals surface area contributed by atoms with Gasteiger partial charge in [-0.2, -0.15) is 4.52 Å². The molecule has 25 heavy (non-hydrogen) atoms. The Kier molecular flexibility index (Phi) is 3.54. The van der Waals surface area contributed by atoms with Crippen LogP contribution in [0.4, 0.5) is 0 Å². The van der Waals surface area contributed by atoms with Crippen molar-refractivity contribution in [2.45, 2.75) is 27.3 Å². The Morgan fingerprint density at radius 3 is 2.84 bits per heavy atom. The highest BCUT2D eigenvalue weighted by atomic mass is 32.1. The Hall–Kier alpha value is -2.80. The summed E-state index contributed by atoms with van der Waals surface area (Å²) in [6.45, 7) is 10.4. The lowest BCUT2D eigenvalue weighted by Gasteiger charge is -2.07. The van der Waals surface area contributed by atoms with Crippen molar-refractivity contribution in [3.8, 4) is 11.4 Å². The first-order valence-electron chi connectivity index (χ1n) is 7.91. The molecule has 0 amide bonds. The fraction of sp³-hybridized carbons (Fsp3) is 0.222. The summed E-state index contributed by atoms with van der Waals surface area (Å²) < 4.78 is 3.13. The molecule has 126 valence electrons. The molecule has 0 radical (unpaired) electrons. The van der Waals surface area contributed by atoms with Crippen LogP contribution in [0.5, 0.6) is 0 Å². The van der Waals surface area contributed by atoms with Gasteiger partial charge in [0.05, 0.1) is 5.39 Å². The summed E-state index contributed by atoms with van der Waals surface area (Å²) in [6.07, 6.45) is 3.40. The summed E-state index contributed by atoms with van der Waals surface area (Å²) >= 11 is 1.61. The molecule has 0 saturated heterocycles. The molecule has 6 nitrogen and oxygen atoms in total. The van der Waals surface area contributed by atoms with E-state index in [2.05, 4.69) is 35.5 Å². The van der Waals surface area contributed by atoms with Gasteiger partial charge in [-0.1, -0.05) is 12.2 Å². The average molecular weight is 351 g/mol. The van der Waals surface area contributed by atoms with Crippen LogP contribution in [0.15, 0.2) is 41.5 Å². The zero-order chi connectivity index (χ0) is 17.7. The molecule has 4 rings (SSSR count). The molecule has 4 aromatic rings. The fourth-order valence-electron chi connectivity index (χ4n) is 2.90. The van der Waals surface area contributed by atoms with Crippen molar-refractivity contribution < 1.29 is 0 Å². The molecule has 4 aromatic heterocycles. The van der Waals surface area contributed by atoms with Crippen LogP contribution in [0, 0.1) is 13.8 Å². The number of aryl methyl sites for hydroxylation is 2. The van der Waals surface area contributed by atoms with Gasteiger partial charge in [-0.05, 0) is 38.5 Å². The van der Waals surface area contributed by atoms with E-state index in [-0.39, 0.29) is 5.69 Å². The molecule has 0 aliphatic carbocycles. The number of rotatable bonds is 3. The molecule has 0 atom stereocenters. The molecule has 4 heterocycles. The van der Waals surface area contributed by atoms with E-state index in [1.165, 1.54) is 9.39 Å². The van der Waals surface area contributed by atoms with Gasteiger partial charge in [-0.25, -0.2) is 9.78 Å². The van der Waals surface area contributed by atoms with Crippen molar-refractivity contribution in [3.63, 3.8) is 0 Å². The van der Waals surface area contributed by atoms with Crippen molar-refractivity contribution in [3.05, 3.63) is 57.6 Å². The molecule has 0 bridgehead atoms.